The van der Waals surface area contributed by atoms with Gasteiger partial charge in [-0.3, -0.25) is 4.99 Å². The zero-order chi connectivity index (χ0) is 22.5. The van der Waals surface area contributed by atoms with Crippen LogP contribution in [0.1, 0.15) is 60.3 Å². The van der Waals surface area contributed by atoms with Crippen molar-refractivity contribution in [2.75, 3.05) is 13.2 Å². The molecule has 1 atom stereocenters. The molecule has 2 nitrogen and oxygen atoms in total. The van der Waals surface area contributed by atoms with Crippen molar-refractivity contribution in [3.8, 4) is 0 Å². The van der Waals surface area contributed by atoms with Gasteiger partial charge in [0.1, 0.15) is 12.4 Å². The molecule has 0 fully saturated rings. The van der Waals surface area contributed by atoms with Crippen molar-refractivity contribution in [2.45, 2.75) is 60.3 Å². The predicted molar refractivity (Wildman–Crippen MR) is 136 cm³/mol. The Kier molecular flexibility index (Phi) is 10.9. The third-order valence-corrected chi connectivity index (χ3v) is 5.66. The van der Waals surface area contributed by atoms with E-state index in [1.807, 2.05) is 0 Å². The number of hydrogen-bond acceptors (Lipinski definition) is 2. The van der Waals surface area contributed by atoms with Crippen molar-refractivity contribution >= 4 is 5.71 Å². The number of hydrogen-bond donors (Lipinski definition) is 0. The Morgan fingerprint density at radius 1 is 1.13 bits per heavy atom. The third-order valence-electron chi connectivity index (χ3n) is 5.66. The molecule has 0 saturated carbocycles. The van der Waals surface area contributed by atoms with Crippen LogP contribution in [0.2, 0.25) is 0 Å². The van der Waals surface area contributed by atoms with Gasteiger partial charge in [0.15, 0.2) is 0 Å². The molecule has 0 radical (unpaired) electrons. The monoisotopic (exact) mass is 417 g/mol. The van der Waals surface area contributed by atoms with E-state index in [-0.39, 0.29) is 0 Å². The molecule has 0 aromatic heterocycles. The Balaban J connectivity index is 2.09. The fraction of sp³-hybridized carbons (Fsp3) is 0.414. The molecule has 0 saturated heterocycles. The quantitative estimate of drug-likeness (QED) is 0.260. The zero-order valence-electron chi connectivity index (χ0n) is 20.0. The van der Waals surface area contributed by atoms with E-state index in [0.29, 0.717) is 12.5 Å². The van der Waals surface area contributed by atoms with Crippen LogP contribution in [0.3, 0.4) is 0 Å². The number of nitrogens with zero attached hydrogens (tertiary/aromatic N) is 1. The largest absolute Gasteiger partial charge is 0.489 e. The molecule has 0 heterocycles. The van der Waals surface area contributed by atoms with Gasteiger partial charge in [0.05, 0.1) is 0 Å². The summed E-state index contributed by atoms with van der Waals surface area (Å²) in [4.78, 5) is 4.62. The molecule has 2 aliphatic rings. The molecule has 0 aromatic carbocycles. The van der Waals surface area contributed by atoms with Crippen molar-refractivity contribution in [2.24, 2.45) is 10.9 Å². The average Bonchev–Trinajstić information content (AvgIpc) is 3.17. The van der Waals surface area contributed by atoms with Gasteiger partial charge in [-0.25, -0.2) is 0 Å². The maximum atomic E-state index is 6.22. The lowest BCUT2D eigenvalue weighted by atomic mass is 9.89. The van der Waals surface area contributed by atoms with Gasteiger partial charge >= 0.3 is 0 Å². The van der Waals surface area contributed by atoms with Crippen molar-refractivity contribution in [3.05, 3.63) is 94.9 Å². The second-order valence-electron chi connectivity index (χ2n) is 8.25. The summed E-state index contributed by atoms with van der Waals surface area (Å²) in [6.45, 7) is 12.3. The lowest BCUT2D eigenvalue weighted by Gasteiger charge is -2.18. The van der Waals surface area contributed by atoms with Crippen LogP contribution in [0, 0.1) is 5.92 Å². The fourth-order valence-corrected chi connectivity index (χ4v) is 3.63. The van der Waals surface area contributed by atoms with Crippen LogP contribution in [0.15, 0.2) is 99.9 Å². The smallest absolute Gasteiger partial charge is 0.119 e. The molecule has 0 bridgehead atoms. The molecule has 0 amide bonds. The van der Waals surface area contributed by atoms with Gasteiger partial charge in [-0.2, -0.15) is 0 Å². The van der Waals surface area contributed by atoms with Crippen LogP contribution in [0.25, 0.3) is 0 Å². The molecular formula is C29H39NO. The highest BCUT2D eigenvalue weighted by atomic mass is 16.5. The second kappa shape index (κ2) is 13.6. The van der Waals surface area contributed by atoms with Gasteiger partial charge in [-0.15, -0.1) is 0 Å². The Morgan fingerprint density at radius 2 is 1.97 bits per heavy atom. The Bertz CT molecular complexity index is 868. The second-order valence-corrected chi connectivity index (χ2v) is 8.25. The summed E-state index contributed by atoms with van der Waals surface area (Å²) in [5.74, 6) is 1.27. The molecule has 0 aliphatic heterocycles. The summed E-state index contributed by atoms with van der Waals surface area (Å²) in [6.07, 6.45) is 27.9. The summed E-state index contributed by atoms with van der Waals surface area (Å²) >= 11 is 0. The third kappa shape index (κ3) is 8.57. The van der Waals surface area contributed by atoms with E-state index in [4.69, 9.17) is 4.74 Å². The Morgan fingerprint density at radius 3 is 2.74 bits per heavy atom. The number of ether oxygens (including phenoxy) is 1. The lowest BCUT2D eigenvalue weighted by Crippen LogP contribution is -2.06. The number of aliphatic imine (C=N–C) groups is 1. The molecule has 2 heteroatoms. The molecule has 0 N–H and O–H groups in total. The van der Waals surface area contributed by atoms with Crippen molar-refractivity contribution in [3.63, 3.8) is 0 Å². The molecule has 31 heavy (non-hydrogen) atoms. The van der Waals surface area contributed by atoms with E-state index in [1.165, 1.54) is 28.0 Å². The minimum atomic E-state index is 0.351. The molecule has 2 aliphatic carbocycles. The van der Waals surface area contributed by atoms with E-state index in [1.54, 1.807) is 0 Å². The lowest BCUT2D eigenvalue weighted by molar-refractivity contribution is 0.254. The summed E-state index contributed by atoms with van der Waals surface area (Å²) in [7, 11) is 0. The van der Waals surface area contributed by atoms with Crippen LogP contribution < -0.4 is 0 Å². The van der Waals surface area contributed by atoms with Crippen LogP contribution in [0.5, 0.6) is 0 Å². The fourth-order valence-electron chi connectivity index (χ4n) is 3.63. The topological polar surface area (TPSA) is 21.6 Å². The standard InChI is InChI=1S/C29H39NO/c1-6-13-28(25(5)24(4)27-15-10-8-9-11-16-27)22-31-29-17-12-14-26(18-19-29)21-23(3)30-20-7-2/h6,8,10-13,15-19,24H,7,9,14,20-22H2,1-5H3/b13-6-,28-25+,30-23?/t24-/m1/s1. The van der Waals surface area contributed by atoms with Gasteiger partial charge in [0.25, 0.3) is 0 Å². The summed E-state index contributed by atoms with van der Waals surface area (Å²) in [5.41, 5.74) is 6.51. The highest BCUT2D eigenvalue weighted by Crippen LogP contribution is 2.26. The SMILES string of the molecule is C/C=C\C(COC1=CC=C(CC(C)=NCCC)CC=C1)=C(\C)[C@@H](C)C1=CC=CCC=C1. The van der Waals surface area contributed by atoms with E-state index in [2.05, 4.69) is 106 Å². The van der Waals surface area contributed by atoms with Gasteiger partial charge < -0.3 is 4.74 Å². The first-order valence-electron chi connectivity index (χ1n) is 11.6. The minimum Gasteiger partial charge on any atom is -0.489 e. The van der Waals surface area contributed by atoms with Gasteiger partial charge in [0.2, 0.25) is 0 Å². The van der Waals surface area contributed by atoms with Crippen molar-refractivity contribution in [1.29, 1.82) is 0 Å². The van der Waals surface area contributed by atoms with Gasteiger partial charge in [-0.05, 0) is 63.3 Å². The number of rotatable bonds is 10. The first-order chi connectivity index (χ1) is 15.0. The van der Waals surface area contributed by atoms with Crippen LogP contribution >= 0.6 is 0 Å². The van der Waals surface area contributed by atoms with Crippen molar-refractivity contribution < 1.29 is 4.74 Å². The molecule has 0 unspecified atom stereocenters. The molecule has 2 rings (SSSR count). The van der Waals surface area contributed by atoms with E-state index in [0.717, 1.165) is 38.0 Å². The highest BCUT2D eigenvalue weighted by molar-refractivity contribution is 5.84. The van der Waals surface area contributed by atoms with Crippen LogP contribution in [-0.4, -0.2) is 18.9 Å². The summed E-state index contributed by atoms with van der Waals surface area (Å²) in [5, 5.41) is 0. The first kappa shape index (κ1) is 24.7. The minimum absolute atomic E-state index is 0.351. The maximum absolute atomic E-state index is 6.22. The highest BCUT2D eigenvalue weighted by Gasteiger charge is 2.13. The number of allylic oxidation sites excluding steroid dienone is 13. The summed E-state index contributed by atoms with van der Waals surface area (Å²) < 4.78 is 6.22. The molecular weight excluding hydrogens is 378 g/mol. The normalized spacial score (nSPS) is 18.7. The molecule has 0 aromatic rings. The molecule has 0 spiro atoms. The average molecular weight is 418 g/mol. The van der Waals surface area contributed by atoms with Crippen molar-refractivity contribution in [1.82, 2.24) is 0 Å². The zero-order valence-corrected chi connectivity index (χ0v) is 20.0. The first-order valence-corrected chi connectivity index (χ1v) is 11.6. The van der Waals surface area contributed by atoms with E-state index in [9.17, 15) is 0 Å². The predicted octanol–water partition coefficient (Wildman–Crippen LogP) is 8.01. The van der Waals surface area contributed by atoms with Gasteiger partial charge in [-0.1, -0.05) is 79.7 Å². The van der Waals surface area contributed by atoms with Crippen LogP contribution in [0.4, 0.5) is 0 Å². The maximum Gasteiger partial charge on any atom is 0.119 e. The Labute approximate surface area is 189 Å². The molecule has 166 valence electrons. The van der Waals surface area contributed by atoms with Crippen LogP contribution in [-0.2, 0) is 4.74 Å². The van der Waals surface area contributed by atoms with E-state index >= 15 is 0 Å². The van der Waals surface area contributed by atoms with E-state index < -0.39 is 0 Å². The Hall–Kier alpha value is -2.61. The van der Waals surface area contributed by atoms with Gasteiger partial charge in [0, 0.05) is 24.6 Å². The summed E-state index contributed by atoms with van der Waals surface area (Å²) in [6, 6.07) is 0.